The number of fused-ring (bicyclic) bond motifs is 2. The van der Waals surface area contributed by atoms with Crippen LogP contribution in [0.15, 0.2) is 18.2 Å². The third-order valence-electron chi connectivity index (χ3n) is 4.32. The predicted molar refractivity (Wildman–Crippen MR) is 86.7 cm³/mol. The van der Waals surface area contributed by atoms with Crippen LogP contribution in [0.4, 0.5) is 0 Å². The fraction of sp³-hybridized carbons (Fsp3) is 0.368. The highest BCUT2D eigenvalue weighted by Gasteiger charge is 2.18. The van der Waals surface area contributed by atoms with Gasteiger partial charge in [0.25, 0.3) is 0 Å². The molecule has 0 heterocycles. The van der Waals surface area contributed by atoms with Crippen LogP contribution in [0.2, 0.25) is 0 Å². The Morgan fingerprint density at radius 1 is 1.05 bits per heavy atom. The first-order valence-corrected chi connectivity index (χ1v) is 6.87. The second kappa shape index (κ2) is 5.21. The predicted octanol–water partition coefficient (Wildman–Crippen LogP) is 3.98. The number of benzene rings is 1. The van der Waals surface area contributed by atoms with E-state index in [1.807, 2.05) is 0 Å². The Morgan fingerprint density at radius 3 is 2.63 bits per heavy atom. The van der Waals surface area contributed by atoms with Crippen LogP contribution in [0, 0.1) is 13.8 Å². The van der Waals surface area contributed by atoms with Crippen molar-refractivity contribution in [2.24, 2.45) is 0 Å². The fourth-order valence-electron chi connectivity index (χ4n) is 3.36. The second-order valence-electron chi connectivity index (χ2n) is 5.48. The Hall–Kier alpha value is -1.56. The van der Waals surface area contributed by atoms with E-state index in [2.05, 4.69) is 57.2 Å². The van der Waals surface area contributed by atoms with Crippen molar-refractivity contribution in [2.45, 2.75) is 47.0 Å². The summed E-state index contributed by atoms with van der Waals surface area (Å²) in [6.07, 6.45) is 15.9. The Kier molecular flexibility index (Phi) is 3.80. The lowest BCUT2D eigenvalue weighted by atomic mass is 9.81. The summed E-state index contributed by atoms with van der Waals surface area (Å²) in [5, 5.41) is 2.87. The van der Waals surface area contributed by atoms with Crippen LogP contribution in [0.1, 0.15) is 55.4 Å². The van der Waals surface area contributed by atoms with E-state index < -0.39 is 0 Å². The maximum atomic E-state index is 2.38. The molecule has 100 valence electrons. The maximum Gasteiger partial charge on any atom is -0.0147 e. The van der Waals surface area contributed by atoms with E-state index in [9.17, 15) is 0 Å². The Bertz CT molecular complexity index is 669. The average molecular weight is 252 g/mol. The van der Waals surface area contributed by atoms with Gasteiger partial charge >= 0.3 is 0 Å². The maximum absolute atomic E-state index is 2.38. The minimum Gasteiger partial charge on any atom is -0.0833 e. The van der Waals surface area contributed by atoms with Crippen LogP contribution in [-0.2, 0) is 0 Å². The summed E-state index contributed by atoms with van der Waals surface area (Å²) in [5.41, 5.74) is 5.96. The summed E-state index contributed by atoms with van der Waals surface area (Å²) >= 11 is 0. The SMILES string of the molecule is C.Cc1c2c(c(C)c3c1=CC=CCC=3)C(C)CC=C2. The molecule has 0 N–H and O–H groups in total. The van der Waals surface area contributed by atoms with Gasteiger partial charge in [-0.15, -0.1) is 0 Å². The quantitative estimate of drug-likeness (QED) is 0.655. The van der Waals surface area contributed by atoms with Crippen molar-refractivity contribution in [3.05, 3.63) is 50.9 Å². The number of hydrogen-bond donors (Lipinski definition) is 0. The van der Waals surface area contributed by atoms with Crippen LogP contribution in [0.25, 0.3) is 18.2 Å². The van der Waals surface area contributed by atoms with Crippen LogP contribution in [0.5, 0.6) is 0 Å². The molecule has 1 aromatic carbocycles. The van der Waals surface area contributed by atoms with Gasteiger partial charge in [0, 0.05) is 0 Å². The van der Waals surface area contributed by atoms with Gasteiger partial charge in [0.2, 0.25) is 0 Å². The van der Waals surface area contributed by atoms with E-state index >= 15 is 0 Å². The monoisotopic (exact) mass is 252 g/mol. The molecule has 1 aromatic rings. The smallest absolute Gasteiger partial charge is 0.0147 e. The van der Waals surface area contributed by atoms with Gasteiger partial charge in [0.05, 0.1) is 0 Å². The van der Waals surface area contributed by atoms with Gasteiger partial charge in [-0.3, -0.25) is 0 Å². The lowest BCUT2D eigenvalue weighted by molar-refractivity contribution is 0.760. The van der Waals surface area contributed by atoms with Gasteiger partial charge < -0.3 is 0 Å². The van der Waals surface area contributed by atoms with E-state index in [-0.39, 0.29) is 7.43 Å². The molecule has 0 nitrogen and oxygen atoms in total. The lowest BCUT2D eigenvalue weighted by Gasteiger charge is -2.23. The zero-order valence-corrected chi connectivity index (χ0v) is 11.5. The van der Waals surface area contributed by atoms with Crippen molar-refractivity contribution in [3.8, 4) is 0 Å². The van der Waals surface area contributed by atoms with Crippen LogP contribution < -0.4 is 10.4 Å². The van der Waals surface area contributed by atoms with Crippen LogP contribution in [-0.4, -0.2) is 0 Å². The molecule has 2 aliphatic carbocycles. The van der Waals surface area contributed by atoms with Gasteiger partial charge in [-0.2, -0.15) is 0 Å². The van der Waals surface area contributed by atoms with Crippen molar-refractivity contribution in [3.63, 3.8) is 0 Å². The van der Waals surface area contributed by atoms with Crippen molar-refractivity contribution in [1.82, 2.24) is 0 Å². The van der Waals surface area contributed by atoms with Crippen molar-refractivity contribution >= 4 is 18.2 Å². The minimum atomic E-state index is 0. The van der Waals surface area contributed by atoms with Gasteiger partial charge in [-0.1, -0.05) is 50.8 Å². The highest BCUT2D eigenvalue weighted by Crippen LogP contribution is 2.31. The first-order valence-electron chi connectivity index (χ1n) is 6.87. The van der Waals surface area contributed by atoms with Gasteiger partial charge in [-0.25, -0.2) is 0 Å². The van der Waals surface area contributed by atoms with Gasteiger partial charge in [0.1, 0.15) is 0 Å². The Balaban J connectivity index is 0.00000133. The molecule has 1 atom stereocenters. The van der Waals surface area contributed by atoms with E-state index in [1.165, 1.54) is 33.5 Å². The van der Waals surface area contributed by atoms with Gasteiger partial charge in [-0.05, 0) is 65.3 Å². The highest BCUT2D eigenvalue weighted by atomic mass is 14.2. The average Bonchev–Trinajstić information content (AvgIpc) is 2.61. The Morgan fingerprint density at radius 2 is 1.84 bits per heavy atom. The zero-order valence-electron chi connectivity index (χ0n) is 11.5. The molecular weight excluding hydrogens is 228 g/mol. The van der Waals surface area contributed by atoms with Crippen molar-refractivity contribution in [2.75, 3.05) is 0 Å². The second-order valence-corrected chi connectivity index (χ2v) is 5.48. The molecule has 0 aromatic heterocycles. The first-order chi connectivity index (χ1) is 8.70. The van der Waals surface area contributed by atoms with E-state index in [1.54, 1.807) is 5.56 Å². The van der Waals surface area contributed by atoms with Crippen LogP contribution in [0.3, 0.4) is 0 Å². The Labute approximate surface area is 116 Å². The minimum absolute atomic E-state index is 0. The number of allylic oxidation sites excluding steroid dienone is 3. The third-order valence-corrected chi connectivity index (χ3v) is 4.32. The lowest BCUT2D eigenvalue weighted by Crippen LogP contribution is -2.33. The normalized spacial score (nSPS) is 19.4. The molecule has 0 heteroatoms. The molecule has 0 aliphatic heterocycles. The van der Waals surface area contributed by atoms with E-state index in [0.717, 1.165) is 6.42 Å². The first kappa shape index (κ1) is 13.9. The molecular formula is C19H24. The fourth-order valence-corrected chi connectivity index (χ4v) is 3.36. The molecule has 0 radical (unpaired) electrons. The summed E-state index contributed by atoms with van der Waals surface area (Å²) in [7, 11) is 0. The molecule has 1 unspecified atom stereocenters. The summed E-state index contributed by atoms with van der Waals surface area (Å²) < 4.78 is 0. The topological polar surface area (TPSA) is 0 Å². The molecule has 0 spiro atoms. The number of hydrogen-bond acceptors (Lipinski definition) is 0. The van der Waals surface area contributed by atoms with E-state index in [4.69, 9.17) is 0 Å². The van der Waals surface area contributed by atoms with Crippen LogP contribution >= 0.6 is 0 Å². The molecule has 0 bridgehead atoms. The molecule has 3 rings (SSSR count). The number of rotatable bonds is 0. The molecule has 2 aliphatic rings. The molecule has 0 saturated carbocycles. The van der Waals surface area contributed by atoms with Gasteiger partial charge in [0.15, 0.2) is 0 Å². The molecule has 0 fully saturated rings. The summed E-state index contributed by atoms with van der Waals surface area (Å²) in [4.78, 5) is 0. The molecule has 0 amide bonds. The summed E-state index contributed by atoms with van der Waals surface area (Å²) in [6.45, 7) is 6.91. The summed E-state index contributed by atoms with van der Waals surface area (Å²) in [5.74, 6) is 0.651. The highest BCUT2D eigenvalue weighted by molar-refractivity contribution is 5.66. The summed E-state index contributed by atoms with van der Waals surface area (Å²) in [6, 6.07) is 0. The van der Waals surface area contributed by atoms with E-state index in [0.29, 0.717) is 5.92 Å². The largest absolute Gasteiger partial charge is 0.0833 e. The standard InChI is InChI=1S/C18H20.CH4/c1-12-8-7-11-17-13(2)15-9-5-4-6-10-16(15)14(3)18(12)17;/h4-5,7,9-12H,6,8H2,1-3H3;1H4. The molecule has 0 saturated heterocycles. The molecule has 19 heavy (non-hydrogen) atoms. The van der Waals surface area contributed by atoms with Crippen molar-refractivity contribution < 1.29 is 0 Å². The third kappa shape index (κ3) is 2.10. The van der Waals surface area contributed by atoms with Crippen molar-refractivity contribution in [1.29, 1.82) is 0 Å². The zero-order chi connectivity index (χ0) is 12.7.